The quantitative estimate of drug-likeness (QED) is 0.470. The van der Waals surface area contributed by atoms with Gasteiger partial charge in [0.05, 0.1) is 22.4 Å². The van der Waals surface area contributed by atoms with Crippen molar-refractivity contribution in [2.24, 2.45) is 0 Å². The summed E-state index contributed by atoms with van der Waals surface area (Å²) in [5.74, 6) is 1.39. The normalized spacial score (nSPS) is 14.4. The number of rotatable bonds is 2. The van der Waals surface area contributed by atoms with E-state index in [-0.39, 0.29) is 16.4 Å². The molecule has 0 radical (unpaired) electrons. The number of aromatic nitrogens is 4. The Morgan fingerprint density at radius 3 is 2.68 bits per heavy atom. The number of nitro benzene ring substituents is 1. The van der Waals surface area contributed by atoms with Crippen molar-refractivity contribution in [2.45, 2.75) is 26.2 Å². The van der Waals surface area contributed by atoms with Crippen molar-refractivity contribution in [2.75, 3.05) is 11.4 Å². The highest BCUT2D eigenvalue weighted by Gasteiger charge is 2.34. The van der Waals surface area contributed by atoms with Crippen LogP contribution in [-0.2, 0) is 19.3 Å². The van der Waals surface area contributed by atoms with Crippen LogP contribution < -0.4 is 10.5 Å². The van der Waals surface area contributed by atoms with Crippen molar-refractivity contribution in [3.63, 3.8) is 0 Å². The first-order valence-corrected chi connectivity index (χ1v) is 8.81. The van der Waals surface area contributed by atoms with E-state index in [1.54, 1.807) is 11.8 Å². The highest BCUT2D eigenvalue weighted by molar-refractivity contribution is 7.22. The fourth-order valence-corrected chi connectivity index (χ4v) is 4.13. The zero-order valence-corrected chi connectivity index (χ0v) is 15.0. The van der Waals surface area contributed by atoms with Gasteiger partial charge >= 0.3 is 6.18 Å². The number of benzene rings is 1. The zero-order valence-electron chi connectivity index (χ0n) is 14.2. The number of fused-ring (bicyclic) bond motifs is 2. The molecular formula is C15H11F3N6O3S. The number of hydrogen-bond acceptors (Lipinski definition) is 8. The van der Waals surface area contributed by atoms with Crippen LogP contribution in [0.3, 0.4) is 0 Å². The Hall–Kier alpha value is -3.09. The minimum atomic E-state index is -4.82. The lowest BCUT2D eigenvalue weighted by Gasteiger charge is -2.27. The van der Waals surface area contributed by atoms with Gasteiger partial charge in [-0.05, 0) is 13.0 Å². The largest absolute Gasteiger partial charge is 0.416 e. The molecule has 3 aromatic rings. The van der Waals surface area contributed by atoms with Crippen molar-refractivity contribution in [3.8, 4) is 0 Å². The van der Waals surface area contributed by atoms with Gasteiger partial charge in [-0.1, -0.05) is 11.3 Å². The number of anilines is 1. The molecule has 28 heavy (non-hydrogen) atoms. The van der Waals surface area contributed by atoms with Crippen LogP contribution in [0.1, 0.15) is 17.2 Å². The maximum atomic E-state index is 13.0. The van der Waals surface area contributed by atoms with Crippen molar-refractivity contribution >= 4 is 32.2 Å². The first-order valence-electron chi connectivity index (χ1n) is 7.99. The van der Waals surface area contributed by atoms with Gasteiger partial charge in [-0.25, -0.2) is 0 Å². The summed E-state index contributed by atoms with van der Waals surface area (Å²) >= 11 is 0.812. The van der Waals surface area contributed by atoms with Gasteiger partial charge in [0.15, 0.2) is 11.0 Å². The first-order chi connectivity index (χ1) is 13.1. The highest BCUT2D eigenvalue weighted by Crippen LogP contribution is 2.38. The number of aryl methyl sites for hydroxylation is 1. The van der Waals surface area contributed by atoms with E-state index in [0.29, 0.717) is 31.0 Å². The maximum absolute atomic E-state index is 13.0. The number of hydrogen-bond donors (Lipinski definition) is 0. The van der Waals surface area contributed by atoms with E-state index in [1.807, 2.05) is 4.57 Å². The third-order valence-electron chi connectivity index (χ3n) is 4.42. The Bertz CT molecular complexity index is 1170. The summed E-state index contributed by atoms with van der Waals surface area (Å²) in [6.07, 6.45) is -4.82. The highest BCUT2D eigenvalue weighted by atomic mass is 32.1. The van der Waals surface area contributed by atoms with Gasteiger partial charge in [0.2, 0.25) is 0 Å². The number of non-ortho nitro benzene ring substituents is 1. The van der Waals surface area contributed by atoms with E-state index in [4.69, 9.17) is 0 Å². The second kappa shape index (κ2) is 6.22. The molecule has 1 aliphatic heterocycles. The van der Waals surface area contributed by atoms with E-state index < -0.39 is 33.3 Å². The lowest BCUT2D eigenvalue weighted by molar-refractivity contribution is -0.383. The molecule has 0 N–H and O–H groups in total. The summed E-state index contributed by atoms with van der Waals surface area (Å²) in [6, 6.07) is 1.05. The number of halogens is 3. The monoisotopic (exact) mass is 412 g/mol. The van der Waals surface area contributed by atoms with Crippen LogP contribution in [0.5, 0.6) is 0 Å². The fourth-order valence-electron chi connectivity index (χ4n) is 3.04. The summed E-state index contributed by atoms with van der Waals surface area (Å²) in [5.41, 5.74) is -2.97. The second-order valence-corrected chi connectivity index (χ2v) is 7.14. The molecule has 0 aliphatic carbocycles. The van der Waals surface area contributed by atoms with E-state index >= 15 is 0 Å². The fraction of sp³-hybridized carbons (Fsp3) is 0.333. The SMILES string of the molecule is Cc1nnc2n1CCN(c1nc(=O)c3cc(C(F)(F)F)cc([N+](=O)[O-])c3s1)C2. The maximum Gasteiger partial charge on any atom is 0.416 e. The number of nitro groups is 1. The molecule has 0 amide bonds. The van der Waals surface area contributed by atoms with Crippen molar-refractivity contribution in [3.05, 3.63) is 49.8 Å². The predicted octanol–water partition coefficient (Wildman–Crippen LogP) is 2.50. The minimum absolute atomic E-state index is 0.142. The van der Waals surface area contributed by atoms with Crippen LogP contribution >= 0.6 is 11.3 Å². The van der Waals surface area contributed by atoms with Crippen LogP contribution in [0, 0.1) is 17.0 Å². The Morgan fingerprint density at radius 2 is 2.00 bits per heavy atom. The van der Waals surface area contributed by atoms with Crippen LogP contribution in [0.15, 0.2) is 16.9 Å². The summed E-state index contributed by atoms with van der Waals surface area (Å²) in [5, 5.41) is 19.1. The van der Waals surface area contributed by atoms with E-state index in [1.165, 1.54) is 0 Å². The Balaban J connectivity index is 1.85. The molecule has 0 unspecified atom stereocenters. The zero-order chi connectivity index (χ0) is 20.2. The Morgan fingerprint density at radius 1 is 1.25 bits per heavy atom. The first kappa shape index (κ1) is 18.3. The van der Waals surface area contributed by atoms with Gasteiger partial charge in [-0.15, -0.1) is 10.2 Å². The Labute approximate surface area is 158 Å². The molecule has 0 bridgehead atoms. The average molecular weight is 412 g/mol. The summed E-state index contributed by atoms with van der Waals surface area (Å²) in [7, 11) is 0. The third-order valence-corrected chi connectivity index (χ3v) is 5.59. The lowest BCUT2D eigenvalue weighted by Crippen LogP contribution is -2.35. The molecule has 0 atom stereocenters. The summed E-state index contributed by atoms with van der Waals surface area (Å²) in [6.45, 7) is 3.07. The number of alkyl halides is 3. The van der Waals surface area contributed by atoms with Crippen LogP contribution in [-0.4, -0.2) is 31.2 Å². The molecule has 1 aromatic carbocycles. The van der Waals surface area contributed by atoms with Gasteiger partial charge < -0.3 is 9.47 Å². The molecule has 0 fully saturated rings. The van der Waals surface area contributed by atoms with E-state index in [0.717, 1.165) is 17.2 Å². The molecule has 13 heteroatoms. The van der Waals surface area contributed by atoms with Gasteiger partial charge in [-0.2, -0.15) is 18.2 Å². The summed E-state index contributed by atoms with van der Waals surface area (Å²) in [4.78, 5) is 28.4. The average Bonchev–Trinajstić information content (AvgIpc) is 3.00. The predicted molar refractivity (Wildman–Crippen MR) is 93.4 cm³/mol. The van der Waals surface area contributed by atoms with Crippen LogP contribution in [0.4, 0.5) is 24.0 Å². The third kappa shape index (κ3) is 2.96. The molecule has 3 heterocycles. The van der Waals surface area contributed by atoms with Crippen molar-refractivity contribution in [1.82, 2.24) is 19.7 Å². The van der Waals surface area contributed by atoms with Crippen molar-refractivity contribution in [1.29, 1.82) is 0 Å². The smallest absolute Gasteiger partial charge is 0.339 e. The van der Waals surface area contributed by atoms with Crippen molar-refractivity contribution < 1.29 is 18.1 Å². The molecule has 146 valence electrons. The number of nitrogens with zero attached hydrogens (tertiary/aromatic N) is 6. The topological polar surface area (TPSA) is 107 Å². The molecule has 4 rings (SSSR count). The summed E-state index contributed by atoms with van der Waals surface area (Å²) < 4.78 is 40.9. The standard InChI is InChI=1S/C15H11F3N6O3S/c1-7-20-21-11-6-22(2-3-23(7)11)14-19-13(25)9-4-8(15(16,17)18)5-10(24(26)27)12(9)28-14/h4-5H,2-3,6H2,1H3. The molecular weight excluding hydrogens is 401 g/mol. The lowest BCUT2D eigenvalue weighted by atomic mass is 10.1. The van der Waals surface area contributed by atoms with E-state index in [9.17, 15) is 28.1 Å². The van der Waals surface area contributed by atoms with Crippen LogP contribution in [0.25, 0.3) is 10.1 Å². The molecule has 0 spiro atoms. The van der Waals surface area contributed by atoms with E-state index in [2.05, 4.69) is 15.2 Å². The second-order valence-electron chi connectivity index (χ2n) is 6.17. The van der Waals surface area contributed by atoms with Gasteiger partial charge in [0.25, 0.3) is 11.2 Å². The van der Waals surface area contributed by atoms with Gasteiger partial charge in [-0.3, -0.25) is 14.9 Å². The minimum Gasteiger partial charge on any atom is -0.339 e. The van der Waals surface area contributed by atoms with Gasteiger partial charge in [0.1, 0.15) is 10.5 Å². The molecule has 0 saturated heterocycles. The molecule has 9 nitrogen and oxygen atoms in total. The molecule has 0 saturated carbocycles. The Kier molecular flexibility index (Phi) is 4.06. The molecule has 1 aliphatic rings. The van der Waals surface area contributed by atoms with Gasteiger partial charge in [0, 0.05) is 19.2 Å². The molecule has 2 aromatic heterocycles. The van der Waals surface area contributed by atoms with Crippen LogP contribution in [0.2, 0.25) is 0 Å².